The Bertz CT molecular complexity index is 697. The first-order chi connectivity index (χ1) is 11.1. The molecule has 0 spiro atoms. The molecule has 23 heavy (non-hydrogen) atoms. The first-order valence-electron chi connectivity index (χ1n) is 8.15. The highest BCUT2D eigenvalue weighted by Gasteiger charge is 2.29. The highest BCUT2D eigenvalue weighted by atomic mass is 32.2. The van der Waals surface area contributed by atoms with E-state index in [1.165, 1.54) is 0 Å². The van der Waals surface area contributed by atoms with Gasteiger partial charge in [-0.2, -0.15) is 11.8 Å². The number of fused-ring (bicyclic) bond motifs is 1. The lowest BCUT2D eigenvalue weighted by Gasteiger charge is -2.37. The molecule has 2 heterocycles. The van der Waals surface area contributed by atoms with Crippen LogP contribution in [0.3, 0.4) is 0 Å². The number of hydrogen-bond acceptors (Lipinski definition) is 5. The molecule has 124 valence electrons. The second kappa shape index (κ2) is 6.97. The van der Waals surface area contributed by atoms with Gasteiger partial charge < -0.3 is 9.15 Å². The summed E-state index contributed by atoms with van der Waals surface area (Å²) >= 11 is 2.00. The summed E-state index contributed by atoms with van der Waals surface area (Å²) in [5.74, 6) is 1.54. The zero-order valence-corrected chi connectivity index (χ0v) is 14.7. The van der Waals surface area contributed by atoms with Gasteiger partial charge in [-0.1, -0.05) is 25.1 Å². The quantitative estimate of drug-likeness (QED) is 0.793. The van der Waals surface area contributed by atoms with Crippen LogP contribution in [0.25, 0.3) is 11.0 Å². The second-order valence-corrected chi connectivity index (χ2v) is 7.39. The highest BCUT2D eigenvalue weighted by Crippen LogP contribution is 2.31. The van der Waals surface area contributed by atoms with Crippen LogP contribution in [0.4, 0.5) is 0 Å². The van der Waals surface area contributed by atoms with Gasteiger partial charge in [0.15, 0.2) is 0 Å². The van der Waals surface area contributed by atoms with E-state index >= 15 is 0 Å². The molecule has 3 rings (SSSR count). The summed E-state index contributed by atoms with van der Waals surface area (Å²) in [7, 11) is 0. The average molecular weight is 333 g/mol. The number of furan rings is 1. The highest BCUT2D eigenvalue weighted by molar-refractivity contribution is 8.00. The Morgan fingerprint density at radius 2 is 2.17 bits per heavy atom. The smallest absolute Gasteiger partial charge is 0.342 e. The van der Waals surface area contributed by atoms with Crippen molar-refractivity contribution < 1.29 is 13.9 Å². The second-order valence-electron chi connectivity index (χ2n) is 5.90. The maximum atomic E-state index is 12.4. The van der Waals surface area contributed by atoms with Crippen LogP contribution in [-0.2, 0) is 11.3 Å². The SMILES string of the molecule is CCOC(=O)c1c(CN2CCSC(C)C2C)oc2ccccc12. The van der Waals surface area contributed by atoms with E-state index < -0.39 is 0 Å². The third kappa shape index (κ3) is 3.26. The van der Waals surface area contributed by atoms with E-state index in [1.54, 1.807) is 0 Å². The van der Waals surface area contributed by atoms with Crippen LogP contribution in [0, 0.1) is 0 Å². The first-order valence-corrected chi connectivity index (χ1v) is 9.20. The van der Waals surface area contributed by atoms with Crippen LogP contribution in [0.15, 0.2) is 28.7 Å². The molecule has 2 unspecified atom stereocenters. The van der Waals surface area contributed by atoms with Gasteiger partial charge in [0.05, 0.1) is 13.2 Å². The maximum absolute atomic E-state index is 12.4. The Morgan fingerprint density at radius 3 is 2.96 bits per heavy atom. The zero-order chi connectivity index (χ0) is 16.4. The number of para-hydroxylation sites is 1. The minimum Gasteiger partial charge on any atom is -0.462 e. The van der Waals surface area contributed by atoms with Crippen molar-refractivity contribution in [2.45, 2.75) is 38.6 Å². The zero-order valence-electron chi connectivity index (χ0n) is 13.9. The van der Waals surface area contributed by atoms with Crippen molar-refractivity contribution in [3.05, 3.63) is 35.6 Å². The van der Waals surface area contributed by atoms with Gasteiger partial charge in [0.2, 0.25) is 0 Å². The summed E-state index contributed by atoms with van der Waals surface area (Å²) < 4.78 is 11.3. The number of carbonyl (C=O) groups excluding carboxylic acids is 1. The minimum atomic E-state index is -0.292. The van der Waals surface area contributed by atoms with Crippen molar-refractivity contribution in [3.63, 3.8) is 0 Å². The van der Waals surface area contributed by atoms with Gasteiger partial charge >= 0.3 is 5.97 Å². The molecule has 0 saturated carbocycles. The van der Waals surface area contributed by atoms with E-state index in [2.05, 4.69) is 18.7 Å². The topological polar surface area (TPSA) is 42.7 Å². The number of benzene rings is 1. The first kappa shape index (κ1) is 16.4. The van der Waals surface area contributed by atoms with Gasteiger partial charge in [0.25, 0.3) is 0 Å². The van der Waals surface area contributed by atoms with Gasteiger partial charge in [0, 0.05) is 29.0 Å². The molecular formula is C18H23NO3S. The van der Waals surface area contributed by atoms with Crippen molar-refractivity contribution >= 4 is 28.7 Å². The molecular weight excluding hydrogens is 310 g/mol. The number of rotatable bonds is 4. The summed E-state index contributed by atoms with van der Waals surface area (Å²) in [6, 6.07) is 8.13. The molecule has 0 aliphatic carbocycles. The van der Waals surface area contributed by atoms with E-state index in [4.69, 9.17) is 9.15 Å². The molecule has 2 aromatic rings. The largest absolute Gasteiger partial charge is 0.462 e. The maximum Gasteiger partial charge on any atom is 0.342 e. The van der Waals surface area contributed by atoms with E-state index in [-0.39, 0.29) is 5.97 Å². The molecule has 1 aliphatic heterocycles. The third-order valence-corrected chi connectivity index (χ3v) is 5.85. The molecule has 1 aromatic carbocycles. The van der Waals surface area contributed by atoms with E-state index in [1.807, 2.05) is 43.0 Å². The predicted molar refractivity (Wildman–Crippen MR) is 94.0 cm³/mol. The summed E-state index contributed by atoms with van der Waals surface area (Å²) in [6.45, 7) is 8.34. The number of thioether (sulfide) groups is 1. The summed E-state index contributed by atoms with van der Waals surface area (Å²) in [6.07, 6.45) is 0. The van der Waals surface area contributed by atoms with Crippen molar-refractivity contribution in [1.29, 1.82) is 0 Å². The van der Waals surface area contributed by atoms with Gasteiger partial charge in [-0.3, -0.25) is 4.90 Å². The molecule has 2 atom stereocenters. The lowest BCUT2D eigenvalue weighted by atomic mass is 10.1. The number of nitrogens with zero attached hydrogens (tertiary/aromatic N) is 1. The minimum absolute atomic E-state index is 0.292. The predicted octanol–water partition coefficient (Wildman–Crippen LogP) is 3.94. The monoisotopic (exact) mass is 333 g/mol. The molecule has 4 nitrogen and oxygen atoms in total. The molecule has 1 saturated heterocycles. The van der Waals surface area contributed by atoms with Gasteiger partial charge in [-0.15, -0.1) is 0 Å². The van der Waals surface area contributed by atoms with E-state index in [0.717, 1.165) is 29.0 Å². The summed E-state index contributed by atoms with van der Waals surface area (Å²) in [4.78, 5) is 14.8. The fourth-order valence-electron chi connectivity index (χ4n) is 3.04. The Morgan fingerprint density at radius 1 is 1.39 bits per heavy atom. The van der Waals surface area contributed by atoms with Gasteiger partial charge in [0.1, 0.15) is 16.9 Å². The number of ether oxygens (including phenoxy) is 1. The van der Waals surface area contributed by atoms with Crippen molar-refractivity contribution in [1.82, 2.24) is 4.90 Å². The van der Waals surface area contributed by atoms with Crippen LogP contribution in [0.1, 0.15) is 36.9 Å². The third-order valence-electron chi connectivity index (χ3n) is 4.51. The normalized spacial score (nSPS) is 22.4. The van der Waals surface area contributed by atoms with Crippen LogP contribution >= 0.6 is 11.8 Å². The molecule has 1 aliphatic rings. The molecule has 0 bridgehead atoms. The van der Waals surface area contributed by atoms with Crippen LogP contribution < -0.4 is 0 Å². The molecule has 5 heteroatoms. The number of carbonyl (C=O) groups is 1. The van der Waals surface area contributed by atoms with Crippen molar-refractivity contribution in [2.24, 2.45) is 0 Å². The molecule has 1 aromatic heterocycles. The Balaban J connectivity index is 1.96. The molecule has 0 amide bonds. The van der Waals surface area contributed by atoms with Crippen LogP contribution in [-0.4, -0.2) is 41.1 Å². The Hall–Kier alpha value is -1.46. The van der Waals surface area contributed by atoms with Crippen LogP contribution in [0.5, 0.6) is 0 Å². The summed E-state index contributed by atoms with van der Waals surface area (Å²) in [5.41, 5.74) is 1.33. The van der Waals surface area contributed by atoms with Crippen molar-refractivity contribution in [3.8, 4) is 0 Å². The molecule has 0 N–H and O–H groups in total. The lowest BCUT2D eigenvalue weighted by molar-refractivity contribution is 0.0523. The fraction of sp³-hybridized carbons (Fsp3) is 0.500. The fourth-order valence-corrected chi connectivity index (χ4v) is 4.20. The van der Waals surface area contributed by atoms with Gasteiger partial charge in [-0.25, -0.2) is 4.79 Å². The number of esters is 1. The molecule has 1 fully saturated rings. The van der Waals surface area contributed by atoms with Gasteiger partial charge in [-0.05, 0) is 19.9 Å². The van der Waals surface area contributed by atoms with E-state index in [9.17, 15) is 4.79 Å². The standard InChI is InChI=1S/C18H23NO3S/c1-4-21-18(20)17-14-7-5-6-8-15(14)22-16(17)11-19-9-10-23-13(3)12(19)2/h5-8,12-13H,4,9-11H2,1-3H3. The average Bonchev–Trinajstić information content (AvgIpc) is 2.90. The number of hydrogen-bond donors (Lipinski definition) is 0. The van der Waals surface area contributed by atoms with E-state index in [0.29, 0.717) is 30.0 Å². The molecule has 0 radical (unpaired) electrons. The lowest BCUT2D eigenvalue weighted by Crippen LogP contribution is -2.44. The Labute approximate surface area is 141 Å². The van der Waals surface area contributed by atoms with Crippen molar-refractivity contribution in [2.75, 3.05) is 18.9 Å². The summed E-state index contributed by atoms with van der Waals surface area (Å²) in [5, 5.41) is 1.42. The Kier molecular flexibility index (Phi) is 4.97. The van der Waals surface area contributed by atoms with Crippen LogP contribution in [0.2, 0.25) is 0 Å².